The van der Waals surface area contributed by atoms with Crippen molar-refractivity contribution in [2.24, 2.45) is 5.41 Å². The van der Waals surface area contributed by atoms with Gasteiger partial charge < -0.3 is 19.2 Å². The van der Waals surface area contributed by atoms with Crippen LogP contribution in [0.4, 0.5) is 0 Å². The second kappa shape index (κ2) is 10.9. The highest BCUT2D eigenvalue weighted by Crippen LogP contribution is 2.42. The summed E-state index contributed by atoms with van der Waals surface area (Å²) in [6.45, 7) is 9.96. The molecule has 0 saturated heterocycles. The number of ketones is 1. The Morgan fingerprint density at radius 2 is 1.77 bits per heavy atom. The number of aliphatic carboxylic acids is 1. The molecule has 1 saturated carbocycles. The van der Waals surface area contributed by atoms with E-state index in [0.717, 1.165) is 64.8 Å². The summed E-state index contributed by atoms with van der Waals surface area (Å²) in [5.74, 6) is -0.523. The molecule has 39 heavy (non-hydrogen) atoms. The minimum absolute atomic E-state index is 0.113. The summed E-state index contributed by atoms with van der Waals surface area (Å²) >= 11 is 0. The number of amides is 1. The maximum atomic E-state index is 12.9. The van der Waals surface area contributed by atoms with E-state index in [1.807, 2.05) is 39.0 Å². The number of carbonyl (C=O) groups excluding carboxylic acids is 2. The van der Waals surface area contributed by atoms with Crippen LogP contribution in [0.15, 0.2) is 46.9 Å². The fourth-order valence-electron chi connectivity index (χ4n) is 5.91. The summed E-state index contributed by atoms with van der Waals surface area (Å²) in [6, 6.07) is 13.9. The van der Waals surface area contributed by atoms with E-state index in [1.165, 1.54) is 7.05 Å². The van der Waals surface area contributed by atoms with Crippen LogP contribution >= 0.6 is 0 Å². The number of furan rings is 1. The van der Waals surface area contributed by atoms with Crippen molar-refractivity contribution >= 4 is 28.6 Å². The molecule has 0 bridgehead atoms. The third-order valence-corrected chi connectivity index (χ3v) is 8.43. The van der Waals surface area contributed by atoms with Crippen LogP contribution in [0.1, 0.15) is 87.0 Å². The van der Waals surface area contributed by atoms with E-state index in [0.29, 0.717) is 5.58 Å². The van der Waals surface area contributed by atoms with Crippen LogP contribution in [0.5, 0.6) is 5.75 Å². The number of aryl methyl sites for hydroxylation is 1. The molecule has 1 fully saturated rings. The average molecular weight is 534 g/mol. The van der Waals surface area contributed by atoms with Gasteiger partial charge in [0.2, 0.25) is 0 Å². The van der Waals surface area contributed by atoms with Crippen molar-refractivity contribution in [3.8, 4) is 5.75 Å². The Labute approximate surface area is 230 Å². The van der Waals surface area contributed by atoms with Gasteiger partial charge in [0.05, 0.1) is 0 Å². The van der Waals surface area contributed by atoms with Gasteiger partial charge in [-0.05, 0) is 80.0 Å². The van der Waals surface area contributed by atoms with Crippen molar-refractivity contribution in [2.75, 3.05) is 13.6 Å². The lowest BCUT2D eigenvalue weighted by Crippen LogP contribution is -2.42. The van der Waals surface area contributed by atoms with Crippen molar-refractivity contribution < 1.29 is 28.6 Å². The molecule has 0 spiro atoms. The lowest BCUT2D eigenvalue weighted by molar-refractivity contribution is -0.138. The summed E-state index contributed by atoms with van der Waals surface area (Å²) in [6.07, 6.45) is 3.93. The zero-order valence-corrected chi connectivity index (χ0v) is 23.8. The average Bonchev–Trinajstić information content (AvgIpc) is 3.32. The molecule has 1 unspecified atom stereocenters. The maximum absolute atomic E-state index is 12.9. The number of Topliss-reactive ketones (excluding diaryl/α,β-unsaturated/α-hetero) is 1. The number of rotatable bonds is 9. The molecule has 2 aromatic carbocycles. The molecule has 4 rings (SSSR count). The van der Waals surface area contributed by atoms with Gasteiger partial charge in [0.25, 0.3) is 5.91 Å². The topological polar surface area (TPSA) is 97.0 Å². The van der Waals surface area contributed by atoms with Gasteiger partial charge in [-0.15, -0.1) is 0 Å². The van der Waals surface area contributed by atoms with Gasteiger partial charge in [-0.25, -0.2) is 0 Å². The standard InChI is InChI=1S/C32H39NO6/c1-7-32(8-2,22-11-13-24(20(3)16-22)38-26-10-9-15-31(4,5)29(26)36)23-12-14-25-21(17-23)18-27(39-25)30(37)33(6)19-28(34)35/h11-14,16-18,26H,7-10,15,19H2,1-6H3,(H,34,35). The molecule has 1 aliphatic carbocycles. The van der Waals surface area contributed by atoms with Crippen molar-refractivity contribution in [3.63, 3.8) is 0 Å². The number of carboxylic acid groups (broad SMARTS) is 1. The Morgan fingerprint density at radius 3 is 2.41 bits per heavy atom. The van der Waals surface area contributed by atoms with Crippen LogP contribution in [0, 0.1) is 12.3 Å². The number of hydrogen-bond acceptors (Lipinski definition) is 5. The molecule has 0 aliphatic heterocycles. The lowest BCUT2D eigenvalue weighted by Gasteiger charge is -2.35. The first-order chi connectivity index (χ1) is 18.4. The van der Waals surface area contributed by atoms with Gasteiger partial charge in [-0.1, -0.05) is 45.9 Å². The number of fused-ring (bicyclic) bond motifs is 1. The van der Waals surface area contributed by atoms with E-state index in [9.17, 15) is 14.4 Å². The van der Waals surface area contributed by atoms with Gasteiger partial charge in [0.15, 0.2) is 17.6 Å². The molecular formula is C32H39NO6. The summed E-state index contributed by atoms with van der Waals surface area (Å²) in [4.78, 5) is 37.7. The zero-order valence-electron chi connectivity index (χ0n) is 23.8. The van der Waals surface area contributed by atoms with Crippen LogP contribution < -0.4 is 4.74 Å². The Hall–Kier alpha value is -3.61. The summed E-state index contributed by atoms with van der Waals surface area (Å²) < 4.78 is 12.0. The fraction of sp³-hybridized carbons (Fsp3) is 0.469. The van der Waals surface area contributed by atoms with Crippen LogP contribution in [0.3, 0.4) is 0 Å². The second-order valence-corrected chi connectivity index (χ2v) is 11.4. The molecule has 7 heteroatoms. The largest absolute Gasteiger partial charge is 0.482 e. The van der Waals surface area contributed by atoms with Crippen molar-refractivity contribution in [1.82, 2.24) is 4.90 Å². The van der Waals surface area contributed by atoms with Gasteiger partial charge in [-0.3, -0.25) is 14.4 Å². The summed E-state index contributed by atoms with van der Waals surface area (Å²) in [7, 11) is 1.44. The molecule has 1 aliphatic rings. The number of hydrogen-bond donors (Lipinski definition) is 1. The molecule has 208 valence electrons. The van der Waals surface area contributed by atoms with Crippen LogP contribution in [0.2, 0.25) is 0 Å². The van der Waals surface area contributed by atoms with Gasteiger partial charge in [-0.2, -0.15) is 0 Å². The SMILES string of the molecule is CCC(CC)(c1ccc(OC2CCCC(C)(C)C2=O)c(C)c1)c1ccc2oc(C(=O)N(C)CC(=O)O)cc2c1. The molecular weight excluding hydrogens is 494 g/mol. The van der Waals surface area contributed by atoms with Gasteiger partial charge in [0, 0.05) is 23.3 Å². The smallest absolute Gasteiger partial charge is 0.323 e. The van der Waals surface area contributed by atoms with Crippen LogP contribution in [0.25, 0.3) is 11.0 Å². The van der Waals surface area contributed by atoms with Crippen LogP contribution in [-0.2, 0) is 15.0 Å². The highest BCUT2D eigenvalue weighted by Gasteiger charge is 2.39. The number of ether oxygens (including phenoxy) is 1. The third-order valence-electron chi connectivity index (χ3n) is 8.43. The second-order valence-electron chi connectivity index (χ2n) is 11.4. The minimum Gasteiger partial charge on any atom is -0.482 e. The zero-order chi connectivity index (χ0) is 28.5. The van der Waals surface area contributed by atoms with Crippen molar-refractivity contribution in [2.45, 2.75) is 78.2 Å². The number of nitrogens with zero attached hydrogens (tertiary/aromatic N) is 1. The highest BCUT2D eigenvalue weighted by molar-refractivity contribution is 5.97. The Morgan fingerprint density at radius 1 is 1.10 bits per heavy atom. The van der Waals surface area contributed by atoms with E-state index in [2.05, 4.69) is 32.0 Å². The fourth-order valence-corrected chi connectivity index (χ4v) is 5.91. The molecule has 1 amide bonds. The predicted octanol–water partition coefficient (Wildman–Crippen LogP) is 6.53. The Bertz CT molecular complexity index is 1400. The molecule has 1 heterocycles. The monoisotopic (exact) mass is 533 g/mol. The van der Waals surface area contributed by atoms with E-state index < -0.39 is 24.5 Å². The number of likely N-dealkylation sites (N-methyl/N-ethyl adjacent to an activating group) is 1. The first kappa shape index (κ1) is 28.4. The molecule has 1 aromatic heterocycles. The molecule has 3 aromatic rings. The lowest BCUT2D eigenvalue weighted by atomic mass is 9.70. The van der Waals surface area contributed by atoms with Crippen LogP contribution in [-0.4, -0.2) is 47.4 Å². The van der Waals surface area contributed by atoms with E-state index in [4.69, 9.17) is 14.3 Å². The maximum Gasteiger partial charge on any atom is 0.323 e. The van der Waals surface area contributed by atoms with Crippen molar-refractivity contribution in [1.29, 1.82) is 0 Å². The molecule has 0 radical (unpaired) electrons. The summed E-state index contributed by atoms with van der Waals surface area (Å²) in [5, 5.41) is 9.80. The minimum atomic E-state index is -1.08. The number of carbonyl (C=O) groups is 3. The number of carboxylic acids is 1. The Balaban J connectivity index is 1.64. The van der Waals surface area contributed by atoms with Gasteiger partial charge >= 0.3 is 5.97 Å². The quantitative estimate of drug-likeness (QED) is 0.336. The first-order valence-electron chi connectivity index (χ1n) is 13.7. The van der Waals surface area contributed by atoms with E-state index in [1.54, 1.807) is 6.07 Å². The Kier molecular flexibility index (Phi) is 7.92. The van der Waals surface area contributed by atoms with E-state index in [-0.39, 0.29) is 22.4 Å². The third kappa shape index (κ3) is 5.45. The normalized spacial score (nSPS) is 17.3. The van der Waals surface area contributed by atoms with Crippen molar-refractivity contribution in [3.05, 3.63) is 64.9 Å². The highest BCUT2D eigenvalue weighted by atomic mass is 16.5. The first-order valence-corrected chi connectivity index (χ1v) is 13.7. The molecule has 1 N–H and O–H groups in total. The molecule has 7 nitrogen and oxygen atoms in total. The molecule has 1 atom stereocenters. The van der Waals surface area contributed by atoms with E-state index >= 15 is 0 Å². The van der Waals surface area contributed by atoms with Gasteiger partial charge in [0.1, 0.15) is 17.9 Å². The predicted molar refractivity (Wildman–Crippen MR) is 150 cm³/mol. The summed E-state index contributed by atoms with van der Waals surface area (Å²) in [5.41, 5.74) is 3.21. The number of benzene rings is 2.